The van der Waals surface area contributed by atoms with Crippen LogP contribution >= 0.6 is 11.6 Å². The molecule has 0 aromatic carbocycles. The van der Waals surface area contributed by atoms with Gasteiger partial charge in [-0.15, -0.1) is 16.6 Å². The minimum absolute atomic E-state index is 0.227. The van der Waals surface area contributed by atoms with Crippen LogP contribution in [-0.2, 0) is 0 Å². The molecule has 96 valence electrons. The van der Waals surface area contributed by atoms with Crippen LogP contribution in [0.25, 0.3) is 0 Å². The van der Waals surface area contributed by atoms with Crippen LogP contribution in [0, 0.1) is 0 Å². The second-order valence-electron chi connectivity index (χ2n) is 3.58. The van der Waals surface area contributed by atoms with Gasteiger partial charge in [-0.3, -0.25) is 0 Å². The van der Waals surface area contributed by atoms with Crippen LogP contribution in [0.3, 0.4) is 0 Å². The van der Waals surface area contributed by atoms with Crippen molar-refractivity contribution in [2.75, 3.05) is 31.5 Å². The quantitative estimate of drug-likeness (QED) is 0.720. The van der Waals surface area contributed by atoms with Crippen LogP contribution in [-0.4, -0.2) is 47.6 Å². The van der Waals surface area contributed by atoms with Crippen molar-refractivity contribution in [3.05, 3.63) is 0 Å². The second kappa shape index (κ2) is 6.44. The summed E-state index contributed by atoms with van der Waals surface area (Å²) in [5, 5.41) is 0. The third-order valence-electron chi connectivity index (χ3n) is 2.15. The maximum atomic E-state index is 5.76. The SMILES string of the molecule is COc1nc(OC)nc(N(CCCl)C(C)C)n1. The molecule has 0 aliphatic carbocycles. The molecule has 0 spiro atoms. The number of ether oxygens (including phenoxy) is 2. The molecule has 0 unspecified atom stereocenters. The molecule has 0 N–H and O–H groups in total. The lowest BCUT2D eigenvalue weighted by Crippen LogP contribution is -2.34. The van der Waals surface area contributed by atoms with Gasteiger partial charge in [0.25, 0.3) is 0 Å². The van der Waals surface area contributed by atoms with Crippen molar-refractivity contribution in [2.24, 2.45) is 0 Å². The number of hydrogen-bond acceptors (Lipinski definition) is 6. The minimum Gasteiger partial charge on any atom is -0.467 e. The van der Waals surface area contributed by atoms with Gasteiger partial charge < -0.3 is 14.4 Å². The Morgan fingerprint density at radius 3 is 2.00 bits per heavy atom. The number of anilines is 1. The Morgan fingerprint density at radius 2 is 1.65 bits per heavy atom. The highest BCUT2D eigenvalue weighted by Gasteiger charge is 2.16. The van der Waals surface area contributed by atoms with Crippen molar-refractivity contribution in [3.8, 4) is 12.0 Å². The summed E-state index contributed by atoms with van der Waals surface area (Å²) >= 11 is 5.76. The summed E-state index contributed by atoms with van der Waals surface area (Å²) in [6, 6.07) is 0.685. The Labute approximate surface area is 106 Å². The van der Waals surface area contributed by atoms with E-state index in [4.69, 9.17) is 21.1 Å². The zero-order valence-corrected chi connectivity index (χ0v) is 11.2. The molecule has 17 heavy (non-hydrogen) atoms. The van der Waals surface area contributed by atoms with E-state index in [-0.39, 0.29) is 18.1 Å². The van der Waals surface area contributed by atoms with E-state index in [1.54, 1.807) is 0 Å². The molecule has 7 heteroatoms. The van der Waals surface area contributed by atoms with Crippen LogP contribution in [0.1, 0.15) is 13.8 Å². The van der Waals surface area contributed by atoms with Crippen molar-refractivity contribution in [3.63, 3.8) is 0 Å². The Balaban J connectivity index is 3.08. The molecular formula is C10H17ClN4O2. The van der Waals surface area contributed by atoms with E-state index in [1.165, 1.54) is 14.2 Å². The normalized spacial score (nSPS) is 10.5. The van der Waals surface area contributed by atoms with E-state index in [9.17, 15) is 0 Å². The molecule has 1 aromatic rings. The summed E-state index contributed by atoms with van der Waals surface area (Å²) in [5.41, 5.74) is 0. The third kappa shape index (κ3) is 3.59. The van der Waals surface area contributed by atoms with Gasteiger partial charge in [0, 0.05) is 18.5 Å². The first-order chi connectivity index (χ1) is 8.12. The lowest BCUT2D eigenvalue weighted by Gasteiger charge is -2.25. The molecule has 0 fully saturated rings. The third-order valence-corrected chi connectivity index (χ3v) is 2.32. The fraction of sp³-hybridized carbons (Fsp3) is 0.700. The van der Waals surface area contributed by atoms with Gasteiger partial charge in [-0.25, -0.2) is 0 Å². The van der Waals surface area contributed by atoms with Gasteiger partial charge in [0.05, 0.1) is 14.2 Å². The zero-order valence-electron chi connectivity index (χ0n) is 10.5. The maximum Gasteiger partial charge on any atom is 0.324 e. The van der Waals surface area contributed by atoms with Gasteiger partial charge in [-0.2, -0.15) is 9.97 Å². The van der Waals surface area contributed by atoms with Crippen molar-refractivity contribution < 1.29 is 9.47 Å². The summed E-state index contributed by atoms with van der Waals surface area (Å²) < 4.78 is 10.0. The maximum absolute atomic E-state index is 5.76. The highest BCUT2D eigenvalue weighted by atomic mass is 35.5. The minimum atomic E-state index is 0.227. The molecule has 0 atom stereocenters. The predicted octanol–water partition coefficient (Wildman–Crippen LogP) is 1.34. The Kier molecular flexibility index (Phi) is 5.21. The molecule has 1 heterocycles. The van der Waals surface area contributed by atoms with Crippen molar-refractivity contribution >= 4 is 17.5 Å². The average Bonchev–Trinajstić information content (AvgIpc) is 2.34. The number of rotatable bonds is 6. The second-order valence-corrected chi connectivity index (χ2v) is 3.96. The standard InChI is InChI=1S/C10H17ClN4O2/c1-7(2)15(6-5-11)8-12-9(16-3)14-10(13-8)17-4/h7H,5-6H2,1-4H3. The zero-order chi connectivity index (χ0) is 12.8. The number of alkyl halides is 1. The largest absolute Gasteiger partial charge is 0.467 e. The summed E-state index contributed by atoms with van der Waals surface area (Å²) in [5.74, 6) is 0.999. The summed E-state index contributed by atoms with van der Waals surface area (Å²) in [6.07, 6.45) is 0. The number of methoxy groups -OCH3 is 2. The molecule has 0 aliphatic rings. The fourth-order valence-electron chi connectivity index (χ4n) is 1.32. The van der Waals surface area contributed by atoms with Crippen LogP contribution in [0.2, 0.25) is 0 Å². The number of hydrogen-bond donors (Lipinski definition) is 0. The van der Waals surface area contributed by atoms with Crippen molar-refractivity contribution in [1.29, 1.82) is 0 Å². The van der Waals surface area contributed by atoms with Crippen LogP contribution < -0.4 is 14.4 Å². The van der Waals surface area contributed by atoms with Gasteiger partial charge in [-0.05, 0) is 13.8 Å². The number of nitrogens with zero attached hydrogens (tertiary/aromatic N) is 4. The molecule has 6 nitrogen and oxygen atoms in total. The first-order valence-electron chi connectivity index (χ1n) is 5.29. The highest BCUT2D eigenvalue weighted by Crippen LogP contribution is 2.17. The predicted molar refractivity (Wildman–Crippen MR) is 66.1 cm³/mol. The van der Waals surface area contributed by atoms with E-state index in [0.717, 1.165) is 0 Å². The first kappa shape index (κ1) is 13.8. The molecule has 0 saturated heterocycles. The Morgan fingerprint density at radius 1 is 1.12 bits per heavy atom. The first-order valence-corrected chi connectivity index (χ1v) is 5.82. The molecule has 1 aromatic heterocycles. The van der Waals surface area contributed by atoms with E-state index < -0.39 is 0 Å². The Bertz CT molecular complexity index is 340. The van der Waals surface area contributed by atoms with Gasteiger partial charge in [0.2, 0.25) is 5.95 Å². The van der Waals surface area contributed by atoms with Crippen LogP contribution in [0.15, 0.2) is 0 Å². The smallest absolute Gasteiger partial charge is 0.324 e. The van der Waals surface area contributed by atoms with E-state index in [1.807, 2.05) is 18.7 Å². The van der Waals surface area contributed by atoms with Crippen LogP contribution in [0.5, 0.6) is 12.0 Å². The van der Waals surface area contributed by atoms with Gasteiger partial charge in [0.1, 0.15) is 0 Å². The summed E-state index contributed by atoms with van der Waals surface area (Å²) in [6.45, 7) is 4.72. The lowest BCUT2D eigenvalue weighted by atomic mass is 10.3. The molecule has 0 amide bonds. The molecule has 1 rings (SSSR count). The number of aromatic nitrogens is 3. The average molecular weight is 261 g/mol. The summed E-state index contributed by atoms with van der Waals surface area (Å²) in [4.78, 5) is 14.3. The molecule has 0 aliphatic heterocycles. The van der Waals surface area contributed by atoms with Crippen LogP contribution in [0.4, 0.5) is 5.95 Å². The Hall–Kier alpha value is -1.30. The van der Waals surface area contributed by atoms with Gasteiger partial charge >= 0.3 is 12.0 Å². The monoisotopic (exact) mass is 260 g/mol. The van der Waals surface area contributed by atoms with E-state index in [0.29, 0.717) is 18.4 Å². The van der Waals surface area contributed by atoms with Crippen molar-refractivity contribution in [2.45, 2.75) is 19.9 Å². The molecule has 0 radical (unpaired) electrons. The molecule has 0 saturated carbocycles. The lowest BCUT2D eigenvalue weighted by molar-refractivity contribution is 0.339. The van der Waals surface area contributed by atoms with Gasteiger partial charge in [0.15, 0.2) is 0 Å². The summed E-state index contributed by atoms with van der Waals surface area (Å²) in [7, 11) is 3.00. The van der Waals surface area contributed by atoms with Gasteiger partial charge in [-0.1, -0.05) is 0 Å². The number of halogens is 1. The van der Waals surface area contributed by atoms with E-state index >= 15 is 0 Å². The van der Waals surface area contributed by atoms with E-state index in [2.05, 4.69) is 15.0 Å². The highest BCUT2D eigenvalue weighted by molar-refractivity contribution is 6.18. The molecule has 0 bridgehead atoms. The topological polar surface area (TPSA) is 60.4 Å². The fourth-order valence-corrected chi connectivity index (χ4v) is 1.50. The molecular weight excluding hydrogens is 244 g/mol. The van der Waals surface area contributed by atoms with Crippen molar-refractivity contribution in [1.82, 2.24) is 15.0 Å².